The first kappa shape index (κ1) is 20.1. The molecule has 0 saturated carbocycles. The number of rotatable bonds is 7. The van der Waals surface area contributed by atoms with Gasteiger partial charge in [-0.05, 0) is 44.0 Å². The molecule has 7 heteroatoms. The Hall–Kier alpha value is -3.61. The number of carboxylic acid groups (broad SMARTS) is 1. The van der Waals surface area contributed by atoms with Crippen molar-refractivity contribution in [1.82, 2.24) is 5.32 Å². The molecule has 0 unspecified atom stereocenters. The van der Waals surface area contributed by atoms with Gasteiger partial charge < -0.3 is 19.6 Å². The summed E-state index contributed by atoms with van der Waals surface area (Å²) < 4.78 is 10.7. The molecule has 0 aliphatic heterocycles. The van der Waals surface area contributed by atoms with Crippen molar-refractivity contribution in [2.75, 3.05) is 6.54 Å². The third-order valence-corrected chi connectivity index (χ3v) is 4.38. The molecule has 1 amide bonds. The Balaban J connectivity index is 1.75. The van der Waals surface area contributed by atoms with Gasteiger partial charge in [0.1, 0.15) is 16.9 Å². The van der Waals surface area contributed by atoms with Gasteiger partial charge in [-0.2, -0.15) is 0 Å². The molecule has 0 spiro atoms. The summed E-state index contributed by atoms with van der Waals surface area (Å²) in [6.45, 7) is 3.22. The van der Waals surface area contributed by atoms with E-state index in [1.807, 2.05) is 30.3 Å². The third kappa shape index (κ3) is 4.82. The van der Waals surface area contributed by atoms with E-state index in [-0.39, 0.29) is 16.9 Å². The molecule has 29 heavy (non-hydrogen) atoms. The van der Waals surface area contributed by atoms with Gasteiger partial charge in [0.15, 0.2) is 5.60 Å². The Bertz CT molecular complexity index is 1100. The summed E-state index contributed by atoms with van der Waals surface area (Å²) >= 11 is 0. The van der Waals surface area contributed by atoms with E-state index in [0.29, 0.717) is 18.4 Å². The molecule has 150 valence electrons. The zero-order valence-corrected chi connectivity index (χ0v) is 16.1. The van der Waals surface area contributed by atoms with Crippen LogP contribution in [0, 0.1) is 0 Å². The van der Waals surface area contributed by atoms with Crippen molar-refractivity contribution in [3.63, 3.8) is 0 Å². The average Bonchev–Trinajstić information content (AvgIpc) is 2.67. The number of benzene rings is 2. The van der Waals surface area contributed by atoms with Crippen molar-refractivity contribution in [3.8, 4) is 5.75 Å². The normalized spacial score (nSPS) is 11.2. The van der Waals surface area contributed by atoms with Crippen LogP contribution in [0.3, 0.4) is 0 Å². The molecule has 0 atom stereocenters. The average molecular weight is 395 g/mol. The van der Waals surface area contributed by atoms with Gasteiger partial charge in [-0.3, -0.25) is 4.79 Å². The van der Waals surface area contributed by atoms with Crippen molar-refractivity contribution in [2.45, 2.75) is 25.9 Å². The van der Waals surface area contributed by atoms with Crippen molar-refractivity contribution in [3.05, 3.63) is 76.1 Å². The van der Waals surface area contributed by atoms with Crippen molar-refractivity contribution in [2.24, 2.45) is 0 Å². The number of carbonyl (C=O) groups is 2. The first-order chi connectivity index (χ1) is 13.8. The van der Waals surface area contributed by atoms with Gasteiger partial charge in [0.05, 0.1) is 0 Å². The highest BCUT2D eigenvalue weighted by Crippen LogP contribution is 2.24. The van der Waals surface area contributed by atoms with E-state index >= 15 is 0 Å². The van der Waals surface area contributed by atoms with E-state index in [4.69, 9.17) is 14.3 Å². The number of aliphatic carboxylic acids is 1. The summed E-state index contributed by atoms with van der Waals surface area (Å²) in [5.74, 6) is -1.39. The van der Waals surface area contributed by atoms with Gasteiger partial charge in [-0.15, -0.1) is 0 Å². The Labute approximate surface area is 166 Å². The van der Waals surface area contributed by atoms with E-state index in [0.717, 1.165) is 5.56 Å². The largest absolute Gasteiger partial charge is 0.478 e. The second-order valence-electron chi connectivity index (χ2n) is 7.06. The molecule has 1 heterocycles. The second-order valence-corrected chi connectivity index (χ2v) is 7.06. The van der Waals surface area contributed by atoms with E-state index < -0.39 is 23.1 Å². The molecule has 0 aliphatic carbocycles. The van der Waals surface area contributed by atoms with Crippen molar-refractivity contribution in [1.29, 1.82) is 0 Å². The fourth-order valence-electron chi connectivity index (χ4n) is 2.71. The molecular weight excluding hydrogens is 374 g/mol. The summed E-state index contributed by atoms with van der Waals surface area (Å²) in [5, 5.41) is 12.4. The number of carboxylic acids is 1. The molecule has 0 bridgehead atoms. The molecule has 2 N–H and O–H groups in total. The minimum atomic E-state index is -1.44. The molecule has 1 aromatic heterocycles. The van der Waals surface area contributed by atoms with Crippen LogP contribution in [0.5, 0.6) is 5.75 Å². The zero-order valence-electron chi connectivity index (χ0n) is 16.1. The number of nitrogens with one attached hydrogen (secondary N) is 1. The van der Waals surface area contributed by atoms with Crippen LogP contribution in [0.15, 0.2) is 63.8 Å². The maximum Gasteiger partial charge on any atom is 0.349 e. The number of amides is 1. The third-order valence-electron chi connectivity index (χ3n) is 4.38. The van der Waals surface area contributed by atoms with Gasteiger partial charge in [0, 0.05) is 18.0 Å². The Kier molecular flexibility index (Phi) is 5.68. The zero-order chi connectivity index (χ0) is 21.0. The minimum absolute atomic E-state index is 0.0925. The van der Waals surface area contributed by atoms with Crippen LogP contribution in [0.4, 0.5) is 0 Å². The molecular formula is C22H21NO6. The molecule has 0 radical (unpaired) electrons. The number of hydrogen-bond acceptors (Lipinski definition) is 5. The lowest BCUT2D eigenvalue weighted by atomic mass is 10.1. The topological polar surface area (TPSA) is 106 Å². The molecule has 3 rings (SSSR count). The Morgan fingerprint density at radius 2 is 1.83 bits per heavy atom. The van der Waals surface area contributed by atoms with Crippen molar-refractivity contribution < 1.29 is 23.8 Å². The van der Waals surface area contributed by atoms with Crippen molar-refractivity contribution >= 4 is 22.8 Å². The SMILES string of the molecule is CC(C)(Oc1ccc2cc(C(=O)NCCc3ccccc3)c(=O)oc2c1)C(=O)O. The van der Waals surface area contributed by atoms with Crippen LogP contribution in [0.1, 0.15) is 29.8 Å². The van der Waals surface area contributed by atoms with E-state index in [1.165, 1.54) is 26.0 Å². The standard InChI is InChI=1S/C22H21NO6/c1-22(2,21(26)27)29-16-9-8-15-12-17(20(25)28-18(15)13-16)19(24)23-11-10-14-6-4-3-5-7-14/h3-9,12-13H,10-11H2,1-2H3,(H,23,24)(H,26,27). The molecule has 0 saturated heterocycles. The summed E-state index contributed by atoms with van der Waals surface area (Å²) in [6.07, 6.45) is 0.644. The van der Waals surface area contributed by atoms with Gasteiger partial charge in [0.25, 0.3) is 5.91 Å². The number of hydrogen-bond donors (Lipinski definition) is 2. The maximum atomic E-state index is 12.4. The predicted molar refractivity (Wildman–Crippen MR) is 107 cm³/mol. The first-order valence-electron chi connectivity index (χ1n) is 9.09. The second kappa shape index (κ2) is 8.18. The lowest BCUT2D eigenvalue weighted by Crippen LogP contribution is -2.37. The highest BCUT2D eigenvalue weighted by Gasteiger charge is 2.29. The van der Waals surface area contributed by atoms with Crippen LogP contribution in [-0.4, -0.2) is 29.1 Å². The van der Waals surface area contributed by atoms with Gasteiger partial charge in [-0.1, -0.05) is 30.3 Å². The highest BCUT2D eigenvalue weighted by atomic mass is 16.5. The monoisotopic (exact) mass is 395 g/mol. The molecule has 0 aliphatic rings. The lowest BCUT2D eigenvalue weighted by Gasteiger charge is -2.21. The predicted octanol–water partition coefficient (Wildman–Crippen LogP) is 3.01. The van der Waals surface area contributed by atoms with E-state index in [9.17, 15) is 14.4 Å². The fourth-order valence-corrected chi connectivity index (χ4v) is 2.71. The number of carbonyl (C=O) groups excluding carboxylic acids is 1. The van der Waals surface area contributed by atoms with Crippen LogP contribution in [0.2, 0.25) is 0 Å². The summed E-state index contributed by atoms with van der Waals surface area (Å²) in [5.41, 5.74) is -1.02. The molecule has 3 aromatic rings. The van der Waals surface area contributed by atoms with Crippen LogP contribution < -0.4 is 15.7 Å². The quantitative estimate of drug-likeness (QED) is 0.596. The van der Waals surface area contributed by atoms with E-state index in [1.54, 1.807) is 12.1 Å². The number of ether oxygens (including phenoxy) is 1. The lowest BCUT2D eigenvalue weighted by molar-refractivity contribution is -0.152. The Morgan fingerprint density at radius 1 is 1.10 bits per heavy atom. The summed E-state index contributed by atoms with van der Waals surface area (Å²) in [7, 11) is 0. The van der Waals surface area contributed by atoms with Gasteiger partial charge >= 0.3 is 11.6 Å². The first-order valence-corrected chi connectivity index (χ1v) is 9.09. The van der Waals surface area contributed by atoms with Gasteiger partial charge in [0.2, 0.25) is 0 Å². The maximum absolute atomic E-state index is 12.4. The number of fused-ring (bicyclic) bond motifs is 1. The van der Waals surface area contributed by atoms with Crippen LogP contribution in [-0.2, 0) is 11.2 Å². The van der Waals surface area contributed by atoms with Crippen LogP contribution in [0.25, 0.3) is 11.0 Å². The molecule has 0 fully saturated rings. The molecule has 7 nitrogen and oxygen atoms in total. The summed E-state index contributed by atoms with van der Waals surface area (Å²) in [4.78, 5) is 35.8. The molecule has 2 aromatic carbocycles. The fraction of sp³-hybridized carbons (Fsp3) is 0.227. The summed E-state index contributed by atoms with van der Waals surface area (Å²) in [6, 6.07) is 15.7. The Morgan fingerprint density at radius 3 is 2.52 bits per heavy atom. The highest BCUT2D eigenvalue weighted by molar-refractivity contribution is 5.96. The smallest absolute Gasteiger partial charge is 0.349 e. The van der Waals surface area contributed by atoms with Gasteiger partial charge in [-0.25, -0.2) is 9.59 Å². The minimum Gasteiger partial charge on any atom is -0.478 e. The van der Waals surface area contributed by atoms with Crippen LogP contribution >= 0.6 is 0 Å². The van der Waals surface area contributed by atoms with E-state index in [2.05, 4.69) is 5.32 Å².